The molecule has 1 aromatic carbocycles. The molecule has 1 aromatic rings. The van der Waals surface area contributed by atoms with Gasteiger partial charge < -0.3 is 14.6 Å². The fourth-order valence-electron chi connectivity index (χ4n) is 2.17. The van der Waals surface area contributed by atoms with Gasteiger partial charge in [-0.1, -0.05) is 12.1 Å². The topological polar surface area (TPSA) is 38.7 Å². The van der Waals surface area contributed by atoms with E-state index < -0.39 is 0 Å². The van der Waals surface area contributed by atoms with E-state index >= 15 is 0 Å². The summed E-state index contributed by atoms with van der Waals surface area (Å²) in [7, 11) is 1.66. The summed E-state index contributed by atoms with van der Waals surface area (Å²) >= 11 is 0. The Labute approximate surface area is 96.0 Å². The molecule has 3 heteroatoms. The molecule has 0 bridgehead atoms. The van der Waals surface area contributed by atoms with Crippen molar-refractivity contribution in [3.05, 3.63) is 29.3 Å². The predicted molar refractivity (Wildman–Crippen MR) is 62.0 cm³/mol. The van der Waals surface area contributed by atoms with Gasteiger partial charge in [-0.3, -0.25) is 0 Å². The first kappa shape index (κ1) is 11.4. The van der Waals surface area contributed by atoms with E-state index in [4.69, 9.17) is 14.6 Å². The van der Waals surface area contributed by atoms with E-state index in [1.165, 1.54) is 5.56 Å². The lowest BCUT2D eigenvalue weighted by atomic mass is 9.95. The Morgan fingerprint density at radius 3 is 3.00 bits per heavy atom. The molecule has 0 spiro atoms. The molecule has 1 aliphatic heterocycles. The third-order valence-electron chi connectivity index (χ3n) is 3.09. The maximum Gasteiger partial charge on any atom is 0.122 e. The highest BCUT2D eigenvalue weighted by molar-refractivity contribution is 5.39. The van der Waals surface area contributed by atoms with E-state index in [1.54, 1.807) is 7.11 Å². The van der Waals surface area contributed by atoms with E-state index in [1.807, 2.05) is 6.07 Å². The standard InChI is InChI=1S/C13H18O3/c1-15-13-3-2-10(8-11(13)4-6-14)12-5-7-16-9-12/h2-3,8,12,14H,4-7,9H2,1H3. The minimum absolute atomic E-state index is 0.154. The molecule has 0 aromatic heterocycles. The summed E-state index contributed by atoms with van der Waals surface area (Å²) in [6.07, 6.45) is 1.73. The number of aliphatic hydroxyl groups is 1. The zero-order chi connectivity index (χ0) is 11.4. The fourth-order valence-corrected chi connectivity index (χ4v) is 2.17. The Morgan fingerprint density at radius 1 is 1.50 bits per heavy atom. The largest absolute Gasteiger partial charge is 0.496 e. The second-order valence-corrected chi connectivity index (χ2v) is 4.11. The summed E-state index contributed by atoms with van der Waals surface area (Å²) in [5.74, 6) is 1.36. The monoisotopic (exact) mass is 222 g/mol. The number of hydrogen-bond donors (Lipinski definition) is 1. The third-order valence-corrected chi connectivity index (χ3v) is 3.09. The van der Waals surface area contributed by atoms with Gasteiger partial charge in [0, 0.05) is 19.1 Å². The van der Waals surface area contributed by atoms with Crippen LogP contribution in [-0.2, 0) is 11.2 Å². The minimum Gasteiger partial charge on any atom is -0.496 e. The van der Waals surface area contributed by atoms with Crippen LogP contribution in [0.3, 0.4) is 0 Å². The number of rotatable bonds is 4. The van der Waals surface area contributed by atoms with Gasteiger partial charge in [-0.2, -0.15) is 0 Å². The zero-order valence-corrected chi connectivity index (χ0v) is 9.61. The van der Waals surface area contributed by atoms with Crippen LogP contribution < -0.4 is 4.74 Å². The van der Waals surface area contributed by atoms with Crippen LogP contribution >= 0.6 is 0 Å². The van der Waals surface area contributed by atoms with Gasteiger partial charge in [-0.05, 0) is 30.0 Å². The molecule has 16 heavy (non-hydrogen) atoms. The van der Waals surface area contributed by atoms with Gasteiger partial charge in [0.1, 0.15) is 5.75 Å². The van der Waals surface area contributed by atoms with Crippen molar-refractivity contribution in [2.75, 3.05) is 26.9 Å². The molecule has 1 atom stereocenters. The highest BCUT2D eigenvalue weighted by atomic mass is 16.5. The molecule has 0 radical (unpaired) electrons. The van der Waals surface area contributed by atoms with Crippen molar-refractivity contribution in [1.29, 1.82) is 0 Å². The van der Waals surface area contributed by atoms with Crippen LogP contribution in [0.25, 0.3) is 0 Å². The molecule has 0 aliphatic carbocycles. The van der Waals surface area contributed by atoms with E-state index in [-0.39, 0.29) is 6.61 Å². The van der Waals surface area contributed by atoms with Gasteiger partial charge in [0.05, 0.1) is 13.7 Å². The Morgan fingerprint density at radius 2 is 2.38 bits per heavy atom. The normalized spacial score (nSPS) is 20.0. The van der Waals surface area contributed by atoms with Crippen LogP contribution in [0, 0.1) is 0 Å². The highest BCUT2D eigenvalue weighted by Crippen LogP contribution is 2.29. The van der Waals surface area contributed by atoms with Gasteiger partial charge in [-0.25, -0.2) is 0 Å². The van der Waals surface area contributed by atoms with Crippen molar-refractivity contribution in [1.82, 2.24) is 0 Å². The first-order valence-corrected chi connectivity index (χ1v) is 5.70. The first-order chi connectivity index (χ1) is 7.85. The quantitative estimate of drug-likeness (QED) is 0.843. The molecule has 1 heterocycles. The Kier molecular flexibility index (Phi) is 3.80. The molecule has 1 aliphatic rings. The molecule has 1 unspecified atom stereocenters. The molecule has 0 amide bonds. The van der Waals surface area contributed by atoms with Crippen LogP contribution in [0.5, 0.6) is 5.75 Å². The lowest BCUT2D eigenvalue weighted by molar-refractivity contribution is 0.194. The van der Waals surface area contributed by atoms with Crippen LogP contribution in [0.1, 0.15) is 23.5 Å². The lowest BCUT2D eigenvalue weighted by Gasteiger charge is -2.13. The maximum absolute atomic E-state index is 9.02. The molecule has 1 N–H and O–H groups in total. The van der Waals surface area contributed by atoms with Crippen molar-refractivity contribution in [3.63, 3.8) is 0 Å². The molecular formula is C13H18O3. The lowest BCUT2D eigenvalue weighted by Crippen LogP contribution is -2.01. The van der Waals surface area contributed by atoms with Gasteiger partial charge in [0.25, 0.3) is 0 Å². The number of ether oxygens (including phenoxy) is 2. The van der Waals surface area contributed by atoms with Crippen LogP contribution in [-0.4, -0.2) is 32.0 Å². The number of aliphatic hydroxyl groups excluding tert-OH is 1. The molecule has 1 fully saturated rings. The van der Waals surface area contributed by atoms with E-state index in [2.05, 4.69) is 12.1 Å². The number of methoxy groups -OCH3 is 1. The Bertz CT molecular complexity index is 343. The number of benzene rings is 1. The average Bonchev–Trinajstić information content (AvgIpc) is 2.83. The van der Waals surface area contributed by atoms with Crippen molar-refractivity contribution < 1.29 is 14.6 Å². The summed E-state index contributed by atoms with van der Waals surface area (Å²) < 4.78 is 10.7. The Balaban J connectivity index is 2.23. The highest BCUT2D eigenvalue weighted by Gasteiger charge is 2.18. The van der Waals surface area contributed by atoms with Crippen LogP contribution in [0.2, 0.25) is 0 Å². The summed E-state index contributed by atoms with van der Waals surface area (Å²) in [6.45, 7) is 1.82. The van der Waals surface area contributed by atoms with E-state index in [9.17, 15) is 0 Å². The zero-order valence-electron chi connectivity index (χ0n) is 9.61. The van der Waals surface area contributed by atoms with Crippen molar-refractivity contribution in [2.24, 2.45) is 0 Å². The maximum atomic E-state index is 9.02. The molecule has 3 nitrogen and oxygen atoms in total. The van der Waals surface area contributed by atoms with Crippen LogP contribution in [0.15, 0.2) is 18.2 Å². The van der Waals surface area contributed by atoms with Gasteiger partial charge in [0.2, 0.25) is 0 Å². The van der Waals surface area contributed by atoms with Crippen molar-refractivity contribution in [2.45, 2.75) is 18.8 Å². The first-order valence-electron chi connectivity index (χ1n) is 5.70. The molecule has 88 valence electrons. The molecular weight excluding hydrogens is 204 g/mol. The SMILES string of the molecule is COc1ccc(C2CCOC2)cc1CCO. The summed E-state index contributed by atoms with van der Waals surface area (Å²) in [4.78, 5) is 0. The number of hydrogen-bond acceptors (Lipinski definition) is 3. The van der Waals surface area contributed by atoms with Crippen LogP contribution in [0.4, 0.5) is 0 Å². The summed E-state index contributed by atoms with van der Waals surface area (Å²) in [5.41, 5.74) is 2.37. The minimum atomic E-state index is 0.154. The van der Waals surface area contributed by atoms with Gasteiger partial charge in [-0.15, -0.1) is 0 Å². The average molecular weight is 222 g/mol. The predicted octanol–water partition coefficient (Wildman–Crippen LogP) is 1.73. The Hall–Kier alpha value is -1.06. The smallest absolute Gasteiger partial charge is 0.122 e. The summed E-state index contributed by atoms with van der Waals surface area (Å²) in [6, 6.07) is 6.21. The summed E-state index contributed by atoms with van der Waals surface area (Å²) in [5, 5.41) is 9.02. The van der Waals surface area contributed by atoms with E-state index in [0.717, 1.165) is 30.9 Å². The molecule has 1 saturated heterocycles. The van der Waals surface area contributed by atoms with Gasteiger partial charge in [0.15, 0.2) is 0 Å². The second kappa shape index (κ2) is 5.32. The van der Waals surface area contributed by atoms with Crippen molar-refractivity contribution in [3.8, 4) is 5.75 Å². The van der Waals surface area contributed by atoms with E-state index in [0.29, 0.717) is 12.3 Å². The fraction of sp³-hybridized carbons (Fsp3) is 0.538. The second-order valence-electron chi connectivity index (χ2n) is 4.11. The van der Waals surface area contributed by atoms with Gasteiger partial charge >= 0.3 is 0 Å². The van der Waals surface area contributed by atoms with Crippen molar-refractivity contribution >= 4 is 0 Å². The molecule has 2 rings (SSSR count). The third kappa shape index (κ3) is 2.36. The molecule has 0 saturated carbocycles.